The van der Waals surface area contributed by atoms with Crippen LogP contribution in [0.5, 0.6) is 11.5 Å². The van der Waals surface area contributed by atoms with Gasteiger partial charge in [-0.05, 0) is 31.4 Å². The topological polar surface area (TPSA) is 59.7 Å². The van der Waals surface area contributed by atoms with Gasteiger partial charge in [-0.15, -0.1) is 0 Å². The second-order valence-corrected chi connectivity index (χ2v) is 5.08. The number of ether oxygens (including phenoxy) is 1. The van der Waals surface area contributed by atoms with Crippen molar-refractivity contribution in [1.29, 1.82) is 0 Å². The van der Waals surface area contributed by atoms with Crippen molar-refractivity contribution < 1.29 is 14.3 Å². The monoisotopic (exact) mass is 288 g/mol. The van der Waals surface area contributed by atoms with E-state index in [9.17, 15) is 9.90 Å². The fourth-order valence-electron chi connectivity index (χ4n) is 2.18. The Hall–Kier alpha value is -2.23. The third kappa shape index (κ3) is 3.45. The fraction of sp³-hybridized carbons (Fsp3) is 0.353. The highest BCUT2D eigenvalue weighted by Crippen LogP contribution is 2.33. The largest absolute Gasteiger partial charge is 0.508 e. The molecule has 0 unspecified atom stereocenters. The number of benzene rings is 1. The SMILES string of the molecule is C/C=C(\C)COc1cc(O)cc2oc(=O)cc(CCC)c12. The third-order valence-electron chi connectivity index (χ3n) is 3.34. The highest BCUT2D eigenvalue weighted by Gasteiger charge is 2.13. The second-order valence-electron chi connectivity index (χ2n) is 5.08. The number of rotatable bonds is 5. The van der Waals surface area contributed by atoms with E-state index >= 15 is 0 Å². The molecule has 2 rings (SSSR count). The summed E-state index contributed by atoms with van der Waals surface area (Å²) in [5, 5.41) is 10.6. The van der Waals surface area contributed by atoms with E-state index in [1.165, 1.54) is 12.1 Å². The summed E-state index contributed by atoms with van der Waals surface area (Å²) in [5.41, 5.74) is 1.92. The van der Waals surface area contributed by atoms with Gasteiger partial charge in [0.05, 0.1) is 5.39 Å². The van der Waals surface area contributed by atoms with Gasteiger partial charge in [-0.3, -0.25) is 0 Å². The first-order valence-corrected chi connectivity index (χ1v) is 7.09. The van der Waals surface area contributed by atoms with E-state index in [1.807, 2.05) is 26.8 Å². The second kappa shape index (κ2) is 6.48. The van der Waals surface area contributed by atoms with Crippen molar-refractivity contribution in [3.8, 4) is 11.5 Å². The van der Waals surface area contributed by atoms with Crippen molar-refractivity contribution in [1.82, 2.24) is 0 Å². The van der Waals surface area contributed by atoms with Crippen molar-refractivity contribution in [3.05, 3.63) is 45.8 Å². The third-order valence-corrected chi connectivity index (χ3v) is 3.34. The van der Waals surface area contributed by atoms with Gasteiger partial charge in [-0.2, -0.15) is 0 Å². The Morgan fingerprint density at radius 1 is 1.38 bits per heavy atom. The molecule has 4 heteroatoms. The number of fused-ring (bicyclic) bond motifs is 1. The molecular weight excluding hydrogens is 268 g/mol. The molecule has 0 amide bonds. The van der Waals surface area contributed by atoms with Crippen molar-refractivity contribution >= 4 is 11.0 Å². The Morgan fingerprint density at radius 3 is 2.81 bits per heavy atom. The normalized spacial score (nSPS) is 11.9. The number of hydrogen-bond donors (Lipinski definition) is 1. The lowest BCUT2D eigenvalue weighted by Gasteiger charge is -2.12. The number of phenols is 1. The molecule has 0 spiro atoms. The molecule has 0 aliphatic carbocycles. The van der Waals surface area contributed by atoms with Gasteiger partial charge in [0.1, 0.15) is 23.7 Å². The molecule has 0 fully saturated rings. The van der Waals surface area contributed by atoms with Gasteiger partial charge in [0, 0.05) is 18.2 Å². The lowest BCUT2D eigenvalue weighted by atomic mass is 10.0. The average Bonchev–Trinajstić information content (AvgIpc) is 2.43. The Kier molecular flexibility index (Phi) is 4.68. The van der Waals surface area contributed by atoms with E-state index in [-0.39, 0.29) is 5.75 Å². The van der Waals surface area contributed by atoms with Crippen LogP contribution in [0, 0.1) is 0 Å². The minimum atomic E-state index is -0.410. The first-order valence-electron chi connectivity index (χ1n) is 7.09. The van der Waals surface area contributed by atoms with E-state index in [1.54, 1.807) is 6.07 Å². The molecule has 4 nitrogen and oxygen atoms in total. The van der Waals surface area contributed by atoms with Crippen LogP contribution in [0.15, 0.2) is 39.1 Å². The standard InChI is InChI=1S/C17H20O4/c1-4-6-12-7-16(19)21-15-9-13(18)8-14(17(12)15)20-10-11(3)5-2/h5,7-9,18H,4,6,10H2,1-3H3/b11-5+. The van der Waals surface area contributed by atoms with E-state index < -0.39 is 5.63 Å². The molecule has 0 radical (unpaired) electrons. The molecule has 21 heavy (non-hydrogen) atoms. The fourth-order valence-corrected chi connectivity index (χ4v) is 2.18. The maximum absolute atomic E-state index is 11.6. The van der Waals surface area contributed by atoms with Crippen LogP contribution < -0.4 is 10.4 Å². The van der Waals surface area contributed by atoms with E-state index in [0.29, 0.717) is 17.9 Å². The molecule has 1 aromatic carbocycles. The van der Waals surface area contributed by atoms with E-state index in [4.69, 9.17) is 9.15 Å². The van der Waals surface area contributed by atoms with Crippen LogP contribution in [0.1, 0.15) is 32.8 Å². The zero-order valence-electron chi connectivity index (χ0n) is 12.6. The lowest BCUT2D eigenvalue weighted by Crippen LogP contribution is -2.04. The molecule has 1 heterocycles. The smallest absolute Gasteiger partial charge is 0.336 e. The van der Waals surface area contributed by atoms with Gasteiger partial charge in [-0.25, -0.2) is 4.79 Å². The van der Waals surface area contributed by atoms with Crippen LogP contribution >= 0.6 is 0 Å². The van der Waals surface area contributed by atoms with Crippen LogP contribution in [-0.4, -0.2) is 11.7 Å². The van der Waals surface area contributed by atoms with E-state index in [2.05, 4.69) is 0 Å². The van der Waals surface area contributed by atoms with Gasteiger partial charge >= 0.3 is 5.63 Å². The Labute approximate surface area is 123 Å². The molecule has 2 aromatic rings. The molecule has 0 bridgehead atoms. The zero-order chi connectivity index (χ0) is 15.4. The zero-order valence-corrected chi connectivity index (χ0v) is 12.6. The molecular formula is C17H20O4. The molecule has 1 N–H and O–H groups in total. The Balaban J connectivity index is 2.59. The van der Waals surface area contributed by atoms with Gasteiger partial charge in [0.15, 0.2) is 0 Å². The molecule has 0 aliphatic rings. The van der Waals surface area contributed by atoms with Crippen LogP contribution in [0.2, 0.25) is 0 Å². The lowest BCUT2D eigenvalue weighted by molar-refractivity contribution is 0.352. The highest BCUT2D eigenvalue weighted by atomic mass is 16.5. The summed E-state index contributed by atoms with van der Waals surface area (Å²) >= 11 is 0. The minimum absolute atomic E-state index is 0.0208. The molecule has 0 saturated heterocycles. The van der Waals surface area contributed by atoms with Crippen molar-refractivity contribution in [2.24, 2.45) is 0 Å². The number of aromatic hydroxyl groups is 1. The predicted molar refractivity (Wildman–Crippen MR) is 83.1 cm³/mol. The number of hydrogen-bond acceptors (Lipinski definition) is 4. The maximum Gasteiger partial charge on any atom is 0.336 e. The summed E-state index contributed by atoms with van der Waals surface area (Å²) in [7, 11) is 0. The molecule has 112 valence electrons. The van der Waals surface area contributed by atoms with E-state index in [0.717, 1.165) is 29.4 Å². The molecule has 0 saturated carbocycles. The molecule has 1 aromatic heterocycles. The average molecular weight is 288 g/mol. The molecule has 0 atom stereocenters. The number of allylic oxidation sites excluding steroid dienone is 1. The van der Waals surface area contributed by atoms with Gasteiger partial charge in [0.2, 0.25) is 0 Å². The first-order chi connectivity index (χ1) is 10.0. The summed E-state index contributed by atoms with van der Waals surface area (Å²) in [6.45, 7) is 6.39. The van der Waals surface area contributed by atoms with Crippen molar-refractivity contribution in [3.63, 3.8) is 0 Å². The molecule has 0 aliphatic heterocycles. The van der Waals surface area contributed by atoms with Crippen LogP contribution in [0.3, 0.4) is 0 Å². The first kappa shape index (κ1) is 15.2. The van der Waals surface area contributed by atoms with Crippen molar-refractivity contribution in [2.45, 2.75) is 33.6 Å². The van der Waals surface area contributed by atoms with Crippen LogP contribution in [-0.2, 0) is 6.42 Å². The Morgan fingerprint density at radius 2 is 2.14 bits per heavy atom. The summed E-state index contributed by atoms with van der Waals surface area (Å²) in [6, 6.07) is 4.51. The maximum atomic E-state index is 11.6. The summed E-state index contributed by atoms with van der Waals surface area (Å²) in [5.74, 6) is 0.561. The summed E-state index contributed by atoms with van der Waals surface area (Å²) in [6.07, 6.45) is 3.64. The van der Waals surface area contributed by atoms with Crippen LogP contribution in [0.4, 0.5) is 0 Å². The minimum Gasteiger partial charge on any atom is -0.508 e. The van der Waals surface area contributed by atoms with Gasteiger partial charge in [0.25, 0.3) is 0 Å². The number of phenolic OH excluding ortho intramolecular Hbond substituents is 1. The summed E-state index contributed by atoms with van der Waals surface area (Å²) in [4.78, 5) is 11.6. The van der Waals surface area contributed by atoms with Crippen molar-refractivity contribution in [2.75, 3.05) is 6.61 Å². The predicted octanol–water partition coefficient (Wildman–Crippen LogP) is 3.80. The van der Waals surface area contributed by atoms with Gasteiger partial charge < -0.3 is 14.3 Å². The quantitative estimate of drug-likeness (QED) is 0.671. The number of aryl methyl sites for hydroxylation is 1. The highest BCUT2D eigenvalue weighted by molar-refractivity contribution is 5.88. The van der Waals surface area contributed by atoms with Crippen LogP contribution in [0.25, 0.3) is 11.0 Å². The Bertz CT molecular complexity index is 725. The summed E-state index contributed by atoms with van der Waals surface area (Å²) < 4.78 is 11.0. The van der Waals surface area contributed by atoms with Gasteiger partial charge in [-0.1, -0.05) is 19.4 Å².